The third kappa shape index (κ3) is 3.29. The highest BCUT2D eigenvalue weighted by Crippen LogP contribution is 2.32. The van der Waals surface area contributed by atoms with Crippen LogP contribution in [0.3, 0.4) is 0 Å². The Morgan fingerprint density at radius 2 is 2.00 bits per heavy atom. The molecule has 0 bridgehead atoms. The number of aliphatic hydroxyl groups is 1. The lowest BCUT2D eigenvalue weighted by molar-refractivity contribution is -0.134. The molecule has 114 valence electrons. The number of aryl methyl sites for hydroxylation is 1. The van der Waals surface area contributed by atoms with Crippen molar-refractivity contribution in [3.8, 4) is 11.5 Å². The molecule has 2 aliphatic rings. The number of piperidine rings is 1. The van der Waals surface area contributed by atoms with E-state index >= 15 is 0 Å². The van der Waals surface area contributed by atoms with Crippen molar-refractivity contribution in [2.24, 2.45) is 0 Å². The van der Waals surface area contributed by atoms with Gasteiger partial charge in [0.25, 0.3) is 0 Å². The van der Waals surface area contributed by atoms with E-state index in [9.17, 15) is 9.90 Å². The van der Waals surface area contributed by atoms with Gasteiger partial charge in [-0.05, 0) is 43.9 Å². The van der Waals surface area contributed by atoms with Gasteiger partial charge in [0.15, 0.2) is 11.5 Å². The van der Waals surface area contributed by atoms with Crippen LogP contribution < -0.4 is 9.47 Å². The number of likely N-dealkylation sites (tertiary alicyclic amines) is 1. The van der Waals surface area contributed by atoms with E-state index in [-0.39, 0.29) is 12.7 Å². The van der Waals surface area contributed by atoms with Gasteiger partial charge in [0.05, 0.1) is 5.60 Å². The SMILES string of the molecule is CC1(O)CCN(C(=O)CCc2ccc3c(c2)OCO3)CC1. The van der Waals surface area contributed by atoms with E-state index in [1.54, 1.807) is 0 Å². The van der Waals surface area contributed by atoms with Crippen LogP contribution in [0.25, 0.3) is 0 Å². The quantitative estimate of drug-likeness (QED) is 0.921. The largest absolute Gasteiger partial charge is 0.454 e. The van der Waals surface area contributed by atoms with Crippen molar-refractivity contribution in [3.63, 3.8) is 0 Å². The summed E-state index contributed by atoms with van der Waals surface area (Å²) in [5.41, 5.74) is 0.463. The molecule has 2 heterocycles. The van der Waals surface area contributed by atoms with E-state index < -0.39 is 5.60 Å². The van der Waals surface area contributed by atoms with Crippen molar-refractivity contribution in [3.05, 3.63) is 23.8 Å². The second kappa shape index (κ2) is 5.56. The third-order valence-electron chi connectivity index (χ3n) is 4.26. The number of rotatable bonds is 3. The van der Waals surface area contributed by atoms with Crippen molar-refractivity contribution in [2.45, 2.75) is 38.2 Å². The molecule has 0 aliphatic carbocycles. The van der Waals surface area contributed by atoms with Crippen LogP contribution in [0.5, 0.6) is 11.5 Å². The maximum atomic E-state index is 12.2. The Labute approximate surface area is 124 Å². The summed E-state index contributed by atoms with van der Waals surface area (Å²) in [6, 6.07) is 5.80. The predicted molar refractivity (Wildman–Crippen MR) is 77.3 cm³/mol. The molecule has 1 amide bonds. The zero-order valence-electron chi connectivity index (χ0n) is 12.3. The van der Waals surface area contributed by atoms with E-state index in [1.165, 1.54) is 0 Å². The van der Waals surface area contributed by atoms with Gasteiger partial charge in [0, 0.05) is 19.5 Å². The van der Waals surface area contributed by atoms with Crippen LogP contribution in [0.2, 0.25) is 0 Å². The smallest absolute Gasteiger partial charge is 0.231 e. The minimum Gasteiger partial charge on any atom is -0.454 e. The fourth-order valence-electron chi connectivity index (χ4n) is 2.74. The normalized spacial score (nSPS) is 19.6. The summed E-state index contributed by atoms with van der Waals surface area (Å²) in [6.45, 7) is 3.40. The van der Waals surface area contributed by atoms with E-state index in [1.807, 2.05) is 30.0 Å². The van der Waals surface area contributed by atoms with Crippen LogP contribution in [0, 0.1) is 0 Å². The second-order valence-corrected chi connectivity index (χ2v) is 6.07. The lowest BCUT2D eigenvalue weighted by atomic mass is 9.93. The van der Waals surface area contributed by atoms with Gasteiger partial charge in [0.1, 0.15) is 0 Å². The molecule has 3 rings (SSSR count). The summed E-state index contributed by atoms with van der Waals surface area (Å²) >= 11 is 0. The maximum absolute atomic E-state index is 12.2. The first-order valence-electron chi connectivity index (χ1n) is 7.42. The molecule has 0 saturated carbocycles. The lowest BCUT2D eigenvalue weighted by Crippen LogP contribution is -2.45. The van der Waals surface area contributed by atoms with Gasteiger partial charge in [-0.3, -0.25) is 4.79 Å². The van der Waals surface area contributed by atoms with Crippen molar-refractivity contribution in [1.29, 1.82) is 0 Å². The molecule has 0 radical (unpaired) electrons. The van der Waals surface area contributed by atoms with Crippen LogP contribution >= 0.6 is 0 Å². The highest BCUT2D eigenvalue weighted by atomic mass is 16.7. The standard InChI is InChI=1S/C16H21NO4/c1-16(19)6-8-17(9-7-16)15(18)5-3-12-2-4-13-14(10-12)21-11-20-13/h2,4,10,19H,3,5-9,11H2,1H3. The molecule has 0 atom stereocenters. The molecule has 5 heteroatoms. The molecule has 1 N–H and O–H groups in total. The summed E-state index contributed by atoms with van der Waals surface area (Å²) in [4.78, 5) is 14.1. The summed E-state index contributed by atoms with van der Waals surface area (Å²) in [7, 11) is 0. The Balaban J connectivity index is 1.52. The highest BCUT2D eigenvalue weighted by Gasteiger charge is 2.29. The van der Waals surface area contributed by atoms with Crippen molar-refractivity contribution in [1.82, 2.24) is 4.90 Å². The molecule has 1 saturated heterocycles. The number of nitrogens with zero attached hydrogens (tertiary/aromatic N) is 1. The van der Waals surface area contributed by atoms with Crippen molar-refractivity contribution < 1.29 is 19.4 Å². The van der Waals surface area contributed by atoms with Gasteiger partial charge in [-0.25, -0.2) is 0 Å². The number of hydrogen-bond acceptors (Lipinski definition) is 4. The summed E-state index contributed by atoms with van der Waals surface area (Å²) < 4.78 is 10.6. The second-order valence-electron chi connectivity index (χ2n) is 6.07. The number of amides is 1. The summed E-state index contributed by atoms with van der Waals surface area (Å²) in [6.07, 6.45) is 2.50. The zero-order valence-corrected chi connectivity index (χ0v) is 12.3. The predicted octanol–water partition coefficient (Wildman–Crippen LogP) is 1.72. The number of carbonyl (C=O) groups excluding carboxylic acids is 1. The molecule has 1 aromatic rings. The first kappa shape index (κ1) is 14.2. The number of fused-ring (bicyclic) bond motifs is 1. The molecular weight excluding hydrogens is 270 g/mol. The van der Waals surface area contributed by atoms with Crippen LogP contribution in [0.4, 0.5) is 0 Å². The topological polar surface area (TPSA) is 59.0 Å². The van der Waals surface area contributed by atoms with Crippen LogP contribution in [-0.4, -0.2) is 41.4 Å². The Hall–Kier alpha value is -1.75. The molecule has 5 nitrogen and oxygen atoms in total. The Bertz CT molecular complexity index is 531. The first-order chi connectivity index (χ1) is 10.0. The summed E-state index contributed by atoms with van der Waals surface area (Å²) in [5, 5.41) is 9.91. The zero-order chi connectivity index (χ0) is 14.9. The Kier molecular flexibility index (Phi) is 3.76. The van der Waals surface area contributed by atoms with Crippen molar-refractivity contribution in [2.75, 3.05) is 19.9 Å². The van der Waals surface area contributed by atoms with E-state index in [0.29, 0.717) is 38.8 Å². The monoisotopic (exact) mass is 291 g/mol. The average Bonchev–Trinajstić information content (AvgIpc) is 2.92. The summed E-state index contributed by atoms with van der Waals surface area (Å²) in [5.74, 6) is 1.68. The van der Waals surface area contributed by atoms with Crippen molar-refractivity contribution >= 4 is 5.91 Å². The fourth-order valence-corrected chi connectivity index (χ4v) is 2.74. The minimum atomic E-state index is -0.617. The maximum Gasteiger partial charge on any atom is 0.231 e. The molecule has 1 fully saturated rings. The molecule has 2 aliphatic heterocycles. The Morgan fingerprint density at radius 1 is 1.29 bits per heavy atom. The fraction of sp³-hybridized carbons (Fsp3) is 0.562. The molecule has 1 aromatic carbocycles. The van der Waals surface area contributed by atoms with Crippen LogP contribution in [0.15, 0.2) is 18.2 Å². The highest BCUT2D eigenvalue weighted by molar-refractivity contribution is 5.76. The number of benzene rings is 1. The molecule has 21 heavy (non-hydrogen) atoms. The van der Waals surface area contributed by atoms with Crippen LogP contribution in [0.1, 0.15) is 31.7 Å². The van der Waals surface area contributed by atoms with E-state index in [4.69, 9.17) is 9.47 Å². The lowest BCUT2D eigenvalue weighted by Gasteiger charge is -2.35. The number of carbonyl (C=O) groups is 1. The molecular formula is C16H21NO4. The Morgan fingerprint density at radius 3 is 2.76 bits per heavy atom. The van der Waals surface area contributed by atoms with E-state index in [0.717, 1.165) is 17.1 Å². The van der Waals surface area contributed by atoms with Gasteiger partial charge in [-0.1, -0.05) is 6.07 Å². The van der Waals surface area contributed by atoms with E-state index in [2.05, 4.69) is 0 Å². The first-order valence-corrected chi connectivity index (χ1v) is 7.42. The van der Waals surface area contributed by atoms with Crippen LogP contribution in [-0.2, 0) is 11.2 Å². The van der Waals surface area contributed by atoms with Gasteiger partial charge in [0.2, 0.25) is 12.7 Å². The van der Waals surface area contributed by atoms with Gasteiger partial charge >= 0.3 is 0 Å². The van der Waals surface area contributed by atoms with Gasteiger partial charge in [-0.2, -0.15) is 0 Å². The molecule has 0 spiro atoms. The number of hydrogen-bond donors (Lipinski definition) is 1. The molecule has 0 unspecified atom stereocenters. The average molecular weight is 291 g/mol. The minimum absolute atomic E-state index is 0.156. The molecule has 0 aromatic heterocycles. The third-order valence-corrected chi connectivity index (χ3v) is 4.26. The number of ether oxygens (including phenoxy) is 2. The van der Waals surface area contributed by atoms with Gasteiger partial charge in [-0.15, -0.1) is 0 Å². The van der Waals surface area contributed by atoms with Gasteiger partial charge < -0.3 is 19.5 Å².